The highest BCUT2D eigenvalue weighted by molar-refractivity contribution is 7.92. The van der Waals surface area contributed by atoms with Gasteiger partial charge in [0.2, 0.25) is 0 Å². The summed E-state index contributed by atoms with van der Waals surface area (Å²) in [7, 11) is -3.68. The normalized spacial score (nSPS) is 16.2. The van der Waals surface area contributed by atoms with Gasteiger partial charge in [-0.25, -0.2) is 8.42 Å². The lowest BCUT2D eigenvalue weighted by Crippen LogP contribution is -2.36. The van der Waals surface area contributed by atoms with Crippen LogP contribution in [0.4, 0.5) is 5.69 Å². The third kappa shape index (κ3) is 4.18. The summed E-state index contributed by atoms with van der Waals surface area (Å²) in [6.45, 7) is 1.65. The van der Waals surface area contributed by atoms with Crippen LogP contribution in [0.15, 0.2) is 89.8 Å². The van der Waals surface area contributed by atoms with Gasteiger partial charge in [-0.15, -0.1) is 0 Å². The molecule has 0 saturated carbocycles. The van der Waals surface area contributed by atoms with Gasteiger partial charge in [-0.3, -0.25) is 9.10 Å². The standard InChI is InChI=1S/C27H26N2O3S/c30-27(28-19-16-22(17-20-28)21-7-2-1-3-8-21)24-12-14-25(15-13-24)33(31,32)29-18-6-10-23-9-4-5-11-26(23)29/h1-5,7-9,11-16H,6,10,17-20H2. The van der Waals surface area contributed by atoms with Crippen LogP contribution in [0.5, 0.6) is 0 Å². The number of hydrogen-bond acceptors (Lipinski definition) is 3. The fourth-order valence-corrected chi connectivity index (χ4v) is 6.14. The largest absolute Gasteiger partial charge is 0.335 e. The molecule has 5 nitrogen and oxygen atoms in total. The minimum Gasteiger partial charge on any atom is -0.335 e. The topological polar surface area (TPSA) is 57.7 Å². The average molecular weight is 459 g/mol. The van der Waals surface area contributed by atoms with Crippen LogP contribution in [0.25, 0.3) is 5.57 Å². The van der Waals surface area contributed by atoms with Gasteiger partial charge in [0.05, 0.1) is 10.6 Å². The third-order valence-electron chi connectivity index (χ3n) is 6.40. The summed E-state index contributed by atoms with van der Waals surface area (Å²) in [5, 5.41) is 0. The maximum atomic E-state index is 13.3. The fraction of sp³-hybridized carbons (Fsp3) is 0.222. The molecule has 0 bridgehead atoms. The molecule has 2 heterocycles. The number of benzene rings is 3. The number of nitrogens with zero attached hydrogens (tertiary/aromatic N) is 2. The van der Waals surface area contributed by atoms with Gasteiger partial charge in [-0.05, 0) is 66.3 Å². The van der Waals surface area contributed by atoms with Crippen molar-refractivity contribution >= 4 is 27.2 Å². The first kappa shape index (κ1) is 21.5. The lowest BCUT2D eigenvalue weighted by Gasteiger charge is -2.30. The van der Waals surface area contributed by atoms with Crippen LogP contribution >= 0.6 is 0 Å². The van der Waals surface area contributed by atoms with Crippen LogP contribution in [0.1, 0.15) is 34.3 Å². The van der Waals surface area contributed by atoms with E-state index in [0.717, 1.165) is 30.5 Å². The smallest absolute Gasteiger partial charge is 0.264 e. The Bertz CT molecular complexity index is 1300. The van der Waals surface area contributed by atoms with Crippen LogP contribution in [0.2, 0.25) is 0 Å². The molecule has 0 aromatic heterocycles. The first-order valence-corrected chi connectivity index (χ1v) is 12.7. The molecule has 0 saturated heterocycles. The van der Waals surface area contributed by atoms with Gasteiger partial charge in [0.25, 0.3) is 15.9 Å². The molecule has 0 atom stereocenters. The molecule has 33 heavy (non-hydrogen) atoms. The quantitative estimate of drug-likeness (QED) is 0.567. The van der Waals surface area contributed by atoms with Gasteiger partial charge >= 0.3 is 0 Å². The highest BCUT2D eigenvalue weighted by Crippen LogP contribution is 2.32. The van der Waals surface area contributed by atoms with Crippen molar-refractivity contribution in [3.63, 3.8) is 0 Å². The van der Waals surface area contributed by atoms with E-state index in [0.29, 0.717) is 25.2 Å². The Labute approximate surface area is 195 Å². The van der Waals surface area contributed by atoms with Gasteiger partial charge < -0.3 is 4.90 Å². The molecular weight excluding hydrogens is 432 g/mol. The van der Waals surface area contributed by atoms with E-state index < -0.39 is 10.0 Å². The number of rotatable bonds is 4. The minimum absolute atomic E-state index is 0.0781. The van der Waals surface area contributed by atoms with Crippen LogP contribution in [0, 0.1) is 0 Å². The highest BCUT2D eigenvalue weighted by Gasteiger charge is 2.29. The second-order valence-corrected chi connectivity index (χ2v) is 10.3. The van der Waals surface area contributed by atoms with E-state index in [2.05, 4.69) is 18.2 Å². The Morgan fingerprint density at radius 1 is 0.788 bits per heavy atom. The number of carbonyl (C=O) groups is 1. The van der Waals surface area contributed by atoms with E-state index in [4.69, 9.17) is 0 Å². The first-order chi connectivity index (χ1) is 16.0. The van der Waals surface area contributed by atoms with Gasteiger partial charge in [0, 0.05) is 25.2 Å². The Hall–Kier alpha value is -3.38. The molecule has 168 valence electrons. The molecule has 1 amide bonds. The number of anilines is 1. The summed E-state index contributed by atoms with van der Waals surface area (Å²) in [6.07, 6.45) is 4.58. The molecule has 3 aromatic rings. The van der Waals surface area contributed by atoms with E-state index in [-0.39, 0.29) is 10.8 Å². The summed E-state index contributed by atoms with van der Waals surface area (Å²) in [6, 6.07) is 24.2. The molecule has 3 aromatic carbocycles. The molecule has 6 heteroatoms. The Morgan fingerprint density at radius 2 is 1.52 bits per heavy atom. The summed E-state index contributed by atoms with van der Waals surface area (Å²) in [5.41, 5.74) is 4.75. The van der Waals surface area contributed by atoms with Crippen molar-refractivity contribution in [1.82, 2.24) is 4.90 Å². The zero-order valence-electron chi connectivity index (χ0n) is 18.4. The monoisotopic (exact) mass is 458 g/mol. The molecule has 0 spiro atoms. The van der Waals surface area contributed by atoms with Crippen molar-refractivity contribution in [3.05, 3.63) is 102 Å². The summed E-state index contributed by atoms with van der Waals surface area (Å²) in [5.74, 6) is -0.0781. The van der Waals surface area contributed by atoms with Crippen molar-refractivity contribution in [2.45, 2.75) is 24.2 Å². The summed E-state index contributed by atoms with van der Waals surface area (Å²) >= 11 is 0. The van der Waals surface area contributed by atoms with Gasteiger partial charge in [-0.2, -0.15) is 0 Å². The number of hydrogen-bond donors (Lipinski definition) is 0. The van der Waals surface area contributed by atoms with Crippen LogP contribution in [0.3, 0.4) is 0 Å². The third-order valence-corrected chi connectivity index (χ3v) is 8.23. The van der Waals surface area contributed by atoms with E-state index in [1.54, 1.807) is 29.2 Å². The van der Waals surface area contributed by atoms with Crippen molar-refractivity contribution in [2.75, 3.05) is 23.9 Å². The zero-order chi connectivity index (χ0) is 22.8. The second-order valence-electron chi connectivity index (χ2n) is 8.43. The van der Waals surface area contributed by atoms with E-state index in [9.17, 15) is 13.2 Å². The molecule has 2 aliphatic rings. The average Bonchev–Trinajstić information content (AvgIpc) is 2.88. The first-order valence-electron chi connectivity index (χ1n) is 11.3. The number of sulfonamides is 1. The zero-order valence-corrected chi connectivity index (χ0v) is 19.2. The maximum Gasteiger partial charge on any atom is 0.264 e. The van der Waals surface area contributed by atoms with Crippen molar-refractivity contribution < 1.29 is 13.2 Å². The number of aryl methyl sites for hydroxylation is 1. The Kier molecular flexibility index (Phi) is 5.77. The predicted octanol–water partition coefficient (Wildman–Crippen LogP) is 4.76. The number of fused-ring (bicyclic) bond motifs is 1. The molecule has 0 aliphatic carbocycles. The van der Waals surface area contributed by atoms with Crippen molar-refractivity contribution in [2.24, 2.45) is 0 Å². The number of para-hydroxylation sites is 1. The molecule has 0 N–H and O–H groups in total. The maximum absolute atomic E-state index is 13.3. The predicted molar refractivity (Wildman–Crippen MR) is 131 cm³/mol. The fourth-order valence-electron chi connectivity index (χ4n) is 4.60. The molecule has 0 radical (unpaired) electrons. The Morgan fingerprint density at radius 3 is 2.24 bits per heavy atom. The number of carbonyl (C=O) groups excluding carboxylic acids is 1. The molecule has 0 unspecified atom stereocenters. The molecule has 2 aliphatic heterocycles. The SMILES string of the molecule is O=C(c1ccc(S(=O)(=O)N2CCCc3ccccc32)cc1)N1CC=C(c2ccccc2)CC1. The minimum atomic E-state index is -3.68. The van der Waals surface area contributed by atoms with Crippen molar-refractivity contribution in [1.29, 1.82) is 0 Å². The summed E-state index contributed by atoms with van der Waals surface area (Å²) < 4.78 is 28.1. The van der Waals surface area contributed by atoms with Crippen LogP contribution < -0.4 is 4.31 Å². The van der Waals surface area contributed by atoms with E-state index in [1.165, 1.54) is 15.4 Å². The lowest BCUT2D eigenvalue weighted by atomic mass is 9.99. The molecule has 0 fully saturated rings. The highest BCUT2D eigenvalue weighted by atomic mass is 32.2. The molecule has 5 rings (SSSR count). The van der Waals surface area contributed by atoms with E-state index in [1.807, 2.05) is 42.5 Å². The van der Waals surface area contributed by atoms with Crippen LogP contribution in [-0.2, 0) is 16.4 Å². The molecular formula is C27H26N2O3S. The van der Waals surface area contributed by atoms with Gasteiger partial charge in [-0.1, -0.05) is 54.6 Å². The second kappa shape index (κ2) is 8.87. The van der Waals surface area contributed by atoms with Gasteiger partial charge in [0.15, 0.2) is 0 Å². The lowest BCUT2D eigenvalue weighted by molar-refractivity contribution is 0.0773. The number of amides is 1. The summed E-state index contributed by atoms with van der Waals surface area (Å²) in [4.78, 5) is 15.0. The van der Waals surface area contributed by atoms with Crippen LogP contribution in [-0.4, -0.2) is 38.9 Å². The Balaban J connectivity index is 1.32. The van der Waals surface area contributed by atoms with E-state index >= 15 is 0 Å². The van der Waals surface area contributed by atoms with Crippen molar-refractivity contribution in [3.8, 4) is 0 Å². The van der Waals surface area contributed by atoms with Gasteiger partial charge in [0.1, 0.15) is 0 Å².